The highest BCUT2D eigenvalue weighted by Crippen LogP contribution is 2.42. The van der Waals surface area contributed by atoms with Crippen LogP contribution in [0.5, 0.6) is 0 Å². The molecule has 2 aromatic rings. The zero-order chi connectivity index (χ0) is 25.6. The van der Waals surface area contributed by atoms with Gasteiger partial charge in [0.05, 0.1) is 13.3 Å². The molecule has 0 saturated heterocycles. The Bertz CT molecular complexity index is 1130. The van der Waals surface area contributed by atoms with Crippen LogP contribution in [0.2, 0.25) is 0 Å². The molecule has 4 heteroatoms. The number of rotatable bonds is 6. The molecule has 0 amide bonds. The van der Waals surface area contributed by atoms with Gasteiger partial charge in [0.2, 0.25) is 0 Å². The van der Waals surface area contributed by atoms with E-state index in [0.717, 1.165) is 13.3 Å². The normalized spacial score (nSPS) is 16.4. The maximum Gasteiger partial charge on any atom is 0.0943 e. The van der Waals surface area contributed by atoms with Crippen LogP contribution in [0.25, 0.3) is 11.1 Å². The van der Waals surface area contributed by atoms with Crippen LogP contribution in [0.4, 0.5) is 11.4 Å². The molecule has 2 aromatic carbocycles. The van der Waals surface area contributed by atoms with Crippen LogP contribution in [0, 0.1) is 0 Å². The Morgan fingerprint density at radius 2 is 1.26 bits per heavy atom. The Labute approximate surface area is 213 Å². The van der Waals surface area contributed by atoms with E-state index < -0.39 is 0 Å². The van der Waals surface area contributed by atoms with Gasteiger partial charge in [0.1, 0.15) is 0 Å². The molecule has 0 unspecified atom stereocenters. The number of anilines is 2. The Hall–Kier alpha value is -2.88. The quantitative estimate of drug-likeness (QED) is 0.424. The molecule has 188 valence electrons. The summed E-state index contributed by atoms with van der Waals surface area (Å²) in [6, 6.07) is 12.1. The van der Waals surface area contributed by atoms with Crippen LogP contribution in [0.15, 0.2) is 54.1 Å². The summed E-state index contributed by atoms with van der Waals surface area (Å²) in [7, 11) is 4.31. The average molecular weight is 473 g/mol. The fourth-order valence-electron chi connectivity index (χ4n) is 5.22. The largest absolute Gasteiger partial charge is 0.361 e. The molecule has 2 aliphatic heterocycles. The van der Waals surface area contributed by atoms with Crippen molar-refractivity contribution in [3.63, 3.8) is 0 Å². The van der Waals surface area contributed by atoms with Crippen molar-refractivity contribution in [3.8, 4) is 11.1 Å². The minimum absolute atomic E-state index is 0.452. The SMILES string of the molecule is CC1=C(C)N(c2cc(-c3c(C(C)C)cc(C(C)C)cc3C(C)C)cc(N3C=CN(C)C3)c2)CN1C. The minimum atomic E-state index is 0.452. The van der Waals surface area contributed by atoms with Crippen molar-refractivity contribution >= 4 is 11.4 Å². The Kier molecular flexibility index (Phi) is 6.95. The summed E-state index contributed by atoms with van der Waals surface area (Å²) in [5, 5.41) is 0. The van der Waals surface area contributed by atoms with Gasteiger partial charge in [-0.2, -0.15) is 0 Å². The van der Waals surface area contributed by atoms with Gasteiger partial charge in [0, 0.05) is 49.3 Å². The number of nitrogens with zero attached hydrogens (tertiary/aromatic N) is 4. The summed E-state index contributed by atoms with van der Waals surface area (Å²) >= 11 is 0. The summed E-state index contributed by atoms with van der Waals surface area (Å²) in [5.41, 5.74) is 12.3. The first kappa shape index (κ1) is 25.2. The van der Waals surface area contributed by atoms with Crippen LogP contribution in [0.3, 0.4) is 0 Å². The molecule has 2 aliphatic rings. The maximum absolute atomic E-state index is 2.46. The summed E-state index contributed by atoms with van der Waals surface area (Å²) in [4.78, 5) is 9.37. The van der Waals surface area contributed by atoms with Gasteiger partial charge >= 0.3 is 0 Å². The van der Waals surface area contributed by atoms with E-state index in [1.54, 1.807) is 0 Å². The fraction of sp³-hybridized carbons (Fsp3) is 0.484. The van der Waals surface area contributed by atoms with Crippen molar-refractivity contribution in [2.75, 3.05) is 37.2 Å². The standard InChI is InChI=1S/C31H44N4/c1-20(2)25-15-29(21(3)4)31(30(16-25)22(5)6)26-13-27(34-12-11-32(9)18-34)17-28(14-26)35-19-33(10)23(7)24(35)8/h11-17,20-22H,18-19H2,1-10H3. The molecule has 0 saturated carbocycles. The molecule has 4 rings (SSSR count). The highest BCUT2D eigenvalue weighted by Gasteiger charge is 2.25. The van der Waals surface area contributed by atoms with Crippen molar-refractivity contribution in [2.24, 2.45) is 0 Å². The summed E-state index contributed by atoms with van der Waals surface area (Å²) in [6.07, 6.45) is 4.35. The molecule has 0 radical (unpaired) electrons. The summed E-state index contributed by atoms with van der Waals surface area (Å²) in [6.45, 7) is 20.2. The lowest BCUT2D eigenvalue weighted by atomic mass is 9.81. The van der Waals surface area contributed by atoms with Gasteiger partial charge in [-0.15, -0.1) is 0 Å². The van der Waals surface area contributed by atoms with E-state index in [1.165, 1.54) is 50.6 Å². The van der Waals surface area contributed by atoms with Crippen molar-refractivity contribution in [1.82, 2.24) is 9.80 Å². The van der Waals surface area contributed by atoms with Crippen molar-refractivity contribution < 1.29 is 0 Å². The van der Waals surface area contributed by atoms with Gasteiger partial charge in [0.25, 0.3) is 0 Å². The van der Waals surface area contributed by atoms with E-state index in [1.807, 2.05) is 0 Å². The van der Waals surface area contributed by atoms with Crippen molar-refractivity contribution in [1.29, 1.82) is 0 Å². The van der Waals surface area contributed by atoms with E-state index in [4.69, 9.17) is 0 Å². The second kappa shape index (κ2) is 9.64. The van der Waals surface area contributed by atoms with E-state index in [2.05, 4.69) is 132 Å². The molecule has 35 heavy (non-hydrogen) atoms. The molecule has 0 aliphatic carbocycles. The summed E-state index contributed by atoms with van der Waals surface area (Å²) in [5.74, 6) is 1.42. The van der Waals surface area contributed by atoms with Crippen LogP contribution in [0.1, 0.15) is 89.8 Å². The highest BCUT2D eigenvalue weighted by molar-refractivity contribution is 5.81. The second-order valence-electron chi connectivity index (χ2n) is 11.4. The lowest BCUT2D eigenvalue weighted by Gasteiger charge is -2.28. The lowest BCUT2D eigenvalue weighted by Crippen LogP contribution is -2.25. The first-order valence-electron chi connectivity index (χ1n) is 13.1. The van der Waals surface area contributed by atoms with Gasteiger partial charge in [-0.3, -0.25) is 0 Å². The third-order valence-electron chi connectivity index (χ3n) is 7.70. The van der Waals surface area contributed by atoms with Crippen LogP contribution in [-0.4, -0.2) is 37.2 Å². The zero-order valence-corrected chi connectivity index (χ0v) is 23.5. The van der Waals surface area contributed by atoms with Crippen molar-refractivity contribution in [3.05, 3.63) is 70.8 Å². The van der Waals surface area contributed by atoms with Gasteiger partial charge in [-0.05, 0) is 77.6 Å². The third kappa shape index (κ3) is 4.80. The van der Waals surface area contributed by atoms with Gasteiger partial charge in [-0.1, -0.05) is 53.7 Å². The molecule has 0 fully saturated rings. The van der Waals surface area contributed by atoms with Gasteiger partial charge in [0.15, 0.2) is 0 Å². The Morgan fingerprint density at radius 3 is 1.71 bits per heavy atom. The Morgan fingerprint density at radius 1 is 0.657 bits per heavy atom. The molecular formula is C31H44N4. The number of hydrogen-bond donors (Lipinski definition) is 0. The molecule has 2 heterocycles. The number of allylic oxidation sites excluding steroid dienone is 2. The first-order chi connectivity index (χ1) is 16.5. The lowest BCUT2D eigenvalue weighted by molar-refractivity contribution is 0.460. The van der Waals surface area contributed by atoms with Crippen LogP contribution in [-0.2, 0) is 0 Å². The minimum Gasteiger partial charge on any atom is -0.361 e. The average Bonchev–Trinajstić information content (AvgIpc) is 3.36. The zero-order valence-electron chi connectivity index (χ0n) is 23.5. The van der Waals surface area contributed by atoms with E-state index in [9.17, 15) is 0 Å². The van der Waals surface area contributed by atoms with E-state index in [-0.39, 0.29) is 0 Å². The van der Waals surface area contributed by atoms with Crippen LogP contribution < -0.4 is 9.80 Å². The topological polar surface area (TPSA) is 13.0 Å². The second-order valence-corrected chi connectivity index (χ2v) is 11.4. The van der Waals surface area contributed by atoms with E-state index in [0.29, 0.717) is 17.8 Å². The molecule has 0 spiro atoms. The van der Waals surface area contributed by atoms with Gasteiger partial charge < -0.3 is 19.6 Å². The Balaban J connectivity index is 1.97. The molecule has 0 N–H and O–H groups in total. The van der Waals surface area contributed by atoms with Crippen molar-refractivity contribution in [2.45, 2.75) is 73.1 Å². The maximum atomic E-state index is 2.46. The first-order valence-corrected chi connectivity index (χ1v) is 13.1. The third-order valence-corrected chi connectivity index (χ3v) is 7.70. The van der Waals surface area contributed by atoms with Crippen LogP contribution >= 0.6 is 0 Å². The fourth-order valence-corrected chi connectivity index (χ4v) is 5.22. The molecular weight excluding hydrogens is 428 g/mol. The molecule has 0 atom stereocenters. The predicted octanol–water partition coefficient (Wildman–Crippen LogP) is 7.87. The van der Waals surface area contributed by atoms with Gasteiger partial charge in [-0.25, -0.2) is 0 Å². The monoisotopic (exact) mass is 472 g/mol. The molecule has 0 aromatic heterocycles. The molecule has 4 nitrogen and oxygen atoms in total. The van der Waals surface area contributed by atoms with E-state index >= 15 is 0 Å². The smallest absolute Gasteiger partial charge is 0.0943 e. The highest BCUT2D eigenvalue weighted by atomic mass is 15.4. The molecule has 0 bridgehead atoms. The number of benzene rings is 2. The number of hydrogen-bond acceptors (Lipinski definition) is 4. The summed E-state index contributed by atoms with van der Waals surface area (Å²) < 4.78 is 0. The predicted molar refractivity (Wildman–Crippen MR) is 152 cm³/mol.